The van der Waals surface area contributed by atoms with Crippen molar-refractivity contribution in [3.05, 3.63) is 29.8 Å². The van der Waals surface area contributed by atoms with Gasteiger partial charge in [-0.05, 0) is 42.9 Å². The molecule has 5 heteroatoms. The molecule has 1 aliphatic carbocycles. The molecule has 1 aromatic rings. The first-order valence-corrected chi connectivity index (χ1v) is 9.38. The molecule has 1 fully saturated rings. The van der Waals surface area contributed by atoms with Crippen LogP contribution in [-0.2, 0) is 9.84 Å². The van der Waals surface area contributed by atoms with Crippen molar-refractivity contribution >= 4 is 15.5 Å². The fraction of sp³-hybridized carbons (Fsp3) is 0.625. The Bertz CT molecular complexity index is 583. The minimum atomic E-state index is -3.02. The van der Waals surface area contributed by atoms with Crippen LogP contribution < -0.4 is 4.90 Å². The number of sulfone groups is 1. The number of anilines is 1. The van der Waals surface area contributed by atoms with E-state index in [1.165, 1.54) is 6.26 Å². The number of nitrogens with zero attached hydrogens (tertiary/aromatic N) is 1. The standard InChI is InChI=1S/C16H25NO3S/c1-17(2)14-8-4-6-12(10-14)16(18)13-7-5-9-15(11-13)21(3,19)20/h4,6,8,10,13,15-16,18H,5,7,9,11H2,1-3H3. The van der Waals surface area contributed by atoms with Gasteiger partial charge < -0.3 is 10.0 Å². The van der Waals surface area contributed by atoms with E-state index < -0.39 is 15.9 Å². The number of hydrogen-bond acceptors (Lipinski definition) is 4. The number of rotatable bonds is 4. The molecule has 21 heavy (non-hydrogen) atoms. The lowest BCUT2D eigenvalue weighted by Gasteiger charge is -2.31. The van der Waals surface area contributed by atoms with E-state index in [0.29, 0.717) is 6.42 Å². The number of benzene rings is 1. The zero-order chi connectivity index (χ0) is 15.6. The van der Waals surface area contributed by atoms with Crippen molar-refractivity contribution in [1.29, 1.82) is 0 Å². The maximum atomic E-state index is 11.7. The molecule has 0 spiro atoms. The Morgan fingerprint density at radius 3 is 2.62 bits per heavy atom. The van der Waals surface area contributed by atoms with E-state index in [1.54, 1.807) is 0 Å². The Morgan fingerprint density at radius 1 is 1.29 bits per heavy atom. The van der Waals surface area contributed by atoms with Gasteiger partial charge in [0.1, 0.15) is 9.84 Å². The predicted octanol–water partition coefficient (Wildman–Crippen LogP) is 2.39. The van der Waals surface area contributed by atoms with Crippen LogP contribution >= 0.6 is 0 Å². The van der Waals surface area contributed by atoms with Gasteiger partial charge in [0.05, 0.1) is 11.4 Å². The van der Waals surface area contributed by atoms with Crippen LogP contribution in [-0.4, -0.2) is 39.1 Å². The van der Waals surface area contributed by atoms with E-state index in [9.17, 15) is 13.5 Å². The molecular formula is C16H25NO3S. The summed E-state index contributed by atoms with van der Waals surface area (Å²) in [5, 5.41) is 10.3. The third kappa shape index (κ3) is 3.98. The molecule has 0 heterocycles. The second kappa shape index (κ2) is 6.36. The second-order valence-electron chi connectivity index (χ2n) is 6.31. The molecule has 3 atom stereocenters. The van der Waals surface area contributed by atoms with Gasteiger partial charge in [0.2, 0.25) is 0 Å². The predicted molar refractivity (Wildman–Crippen MR) is 86.3 cm³/mol. The molecule has 1 N–H and O–H groups in total. The zero-order valence-electron chi connectivity index (χ0n) is 13.0. The second-order valence-corrected chi connectivity index (χ2v) is 8.64. The van der Waals surface area contributed by atoms with E-state index in [2.05, 4.69) is 0 Å². The highest BCUT2D eigenvalue weighted by molar-refractivity contribution is 7.91. The highest BCUT2D eigenvalue weighted by Crippen LogP contribution is 2.37. The summed E-state index contributed by atoms with van der Waals surface area (Å²) in [5.41, 5.74) is 1.92. The van der Waals surface area contributed by atoms with Crippen LogP contribution in [0.1, 0.15) is 37.4 Å². The van der Waals surface area contributed by atoms with Gasteiger partial charge in [0.15, 0.2) is 0 Å². The van der Waals surface area contributed by atoms with Gasteiger partial charge in [-0.25, -0.2) is 8.42 Å². The molecule has 0 saturated heterocycles. The van der Waals surface area contributed by atoms with Gasteiger partial charge >= 0.3 is 0 Å². The van der Waals surface area contributed by atoms with Crippen LogP contribution in [0.4, 0.5) is 5.69 Å². The normalized spacial score (nSPS) is 24.6. The highest BCUT2D eigenvalue weighted by Gasteiger charge is 2.33. The largest absolute Gasteiger partial charge is 0.388 e. The van der Waals surface area contributed by atoms with Crippen LogP contribution in [0.5, 0.6) is 0 Å². The molecular weight excluding hydrogens is 286 g/mol. The first-order chi connectivity index (χ1) is 9.79. The molecule has 4 nitrogen and oxygen atoms in total. The van der Waals surface area contributed by atoms with Gasteiger partial charge in [-0.15, -0.1) is 0 Å². The first kappa shape index (κ1) is 16.3. The van der Waals surface area contributed by atoms with Crippen molar-refractivity contribution in [2.75, 3.05) is 25.3 Å². The third-order valence-electron chi connectivity index (χ3n) is 4.45. The average molecular weight is 311 g/mol. The van der Waals surface area contributed by atoms with Crippen molar-refractivity contribution in [3.8, 4) is 0 Å². The monoisotopic (exact) mass is 311 g/mol. The van der Waals surface area contributed by atoms with E-state index >= 15 is 0 Å². The molecule has 0 radical (unpaired) electrons. The fourth-order valence-electron chi connectivity index (χ4n) is 3.12. The molecule has 0 bridgehead atoms. The average Bonchev–Trinajstić information content (AvgIpc) is 2.46. The van der Waals surface area contributed by atoms with E-state index in [0.717, 1.165) is 30.5 Å². The van der Waals surface area contributed by atoms with Gasteiger partial charge in [-0.3, -0.25) is 0 Å². The summed E-state index contributed by atoms with van der Waals surface area (Å²) in [5.74, 6) is 0.0240. The van der Waals surface area contributed by atoms with Crippen LogP contribution in [0.3, 0.4) is 0 Å². The Morgan fingerprint density at radius 2 is 2.00 bits per heavy atom. The highest BCUT2D eigenvalue weighted by atomic mass is 32.2. The van der Waals surface area contributed by atoms with Crippen LogP contribution in [0.25, 0.3) is 0 Å². The Balaban J connectivity index is 2.16. The molecule has 1 aliphatic rings. The maximum absolute atomic E-state index is 11.7. The quantitative estimate of drug-likeness (QED) is 0.927. The summed E-state index contributed by atoms with van der Waals surface area (Å²) in [6, 6.07) is 7.83. The minimum Gasteiger partial charge on any atom is -0.388 e. The lowest BCUT2D eigenvalue weighted by atomic mass is 9.82. The Kier molecular flexibility index (Phi) is 4.94. The smallest absolute Gasteiger partial charge is 0.150 e. The molecule has 0 aromatic heterocycles. The zero-order valence-corrected chi connectivity index (χ0v) is 13.8. The van der Waals surface area contributed by atoms with Crippen molar-refractivity contribution in [2.45, 2.75) is 37.0 Å². The van der Waals surface area contributed by atoms with Gasteiger partial charge in [-0.1, -0.05) is 18.6 Å². The molecule has 0 amide bonds. The maximum Gasteiger partial charge on any atom is 0.150 e. The summed E-state index contributed by atoms with van der Waals surface area (Å²) in [6.07, 6.45) is 3.76. The number of aliphatic hydroxyl groups excluding tert-OH is 1. The van der Waals surface area contributed by atoms with E-state index in [-0.39, 0.29) is 11.2 Å². The first-order valence-electron chi connectivity index (χ1n) is 7.43. The minimum absolute atomic E-state index is 0.0240. The van der Waals surface area contributed by atoms with Crippen LogP contribution in [0.2, 0.25) is 0 Å². The van der Waals surface area contributed by atoms with Crippen molar-refractivity contribution in [3.63, 3.8) is 0 Å². The van der Waals surface area contributed by atoms with Gasteiger partial charge in [0.25, 0.3) is 0 Å². The fourth-order valence-corrected chi connectivity index (χ4v) is 4.31. The summed E-state index contributed by atoms with van der Waals surface area (Å²) >= 11 is 0. The molecule has 0 aliphatic heterocycles. The number of hydrogen-bond donors (Lipinski definition) is 1. The summed E-state index contributed by atoms with van der Waals surface area (Å²) in [4.78, 5) is 2.00. The van der Waals surface area contributed by atoms with E-state index in [4.69, 9.17) is 0 Å². The lowest BCUT2D eigenvalue weighted by Crippen LogP contribution is -2.30. The van der Waals surface area contributed by atoms with Crippen molar-refractivity contribution in [2.24, 2.45) is 5.92 Å². The molecule has 2 rings (SSSR count). The van der Waals surface area contributed by atoms with Gasteiger partial charge in [0, 0.05) is 26.0 Å². The summed E-state index contributed by atoms with van der Waals surface area (Å²) < 4.78 is 23.5. The molecule has 1 saturated carbocycles. The third-order valence-corrected chi connectivity index (χ3v) is 6.09. The van der Waals surface area contributed by atoms with E-state index in [1.807, 2.05) is 43.3 Å². The van der Waals surface area contributed by atoms with Crippen LogP contribution in [0.15, 0.2) is 24.3 Å². The summed E-state index contributed by atoms with van der Waals surface area (Å²) in [6.45, 7) is 0. The molecule has 1 aromatic carbocycles. The summed E-state index contributed by atoms with van der Waals surface area (Å²) in [7, 11) is 0.913. The SMILES string of the molecule is CN(C)c1cccc(C(O)C2CCCC(S(C)(=O)=O)C2)c1. The number of aliphatic hydroxyl groups is 1. The lowest BCUT2D eigenvalue weighted by molar-refractivity contribution is 0.0857. The topological polar surface area (TPSA) is 57.6 Å². The molecule has 118 valence electrons. The van der Waals surface area contributed by atoms with Gasteiger partial charge in [-0.2, -0.15) is 0 Å². The van der Waals surface area contributed by atoms with Crippen molar-refractivity contribution < 1.29 is 13.5 Å². The van der Waals surface area contributed by atoms with Crippen molar-refractivity contribution in [1.82, 2.24) is 0 Å². The van der Waals surface area contributed by atoms with Crippen LogP contribution in [0, 0.1) is 5.92 Å². The Hall–Kier alpha value is -1.07. The molecule has 3 unspecified atom stereocenters. The Labute approximate surface area is 127 Å².